The molecule has 0 spiro atoms. The first kappa shape index (κ1) is 16.2. The molecule has 21 heavy (non-hydrogen) atoms. The number of ether oxygens (including phenoxy) is 1. The van der Waals surface area contributed by atoms with Crippen LogP contribution in [0.5, 0.6) is 0 Å². The molecule has 0 bridgehead atoms. The summed E-state index contributed by atoms with van der Waals surface area (Å²) in [5, 5.41) is 2.93. The molecule has 3 N–H and O–H groups in total. The number of carbonyl (C=O) groups is 2. The van der Waals surface area contributed by atoms with Gasteiger partial charge in [0.15, 0.2) is 0 Å². The molecule has 1 aliphatic carbocycles. The topological polar surface area (TPSA) is 84.7 Å². The number of hydrogen-bond acceptors (Lipinski definition) is 4. The number of rotatable bonds is 5. The Morgan fingerprint density at radius 2 is 2.14 bits per heavy atom. The molecule has 2 fully saturated rings. The molecule has 1 aliphatic heterocycles. The molecule has 6 nitrogen and oxygen atoms in total. The summed E-state index contributed by atoms with van der Waals surface area (Å²) in [6.45, 7) is 4.65. The quantitative estimate of drug-likeness (QED) is 0.708. The summed E-state index contributed by atoms with van der Waals surface area (Å²) in [6, 6.07) is -0.336. The summed E-state index contributed by atoms with van der Waals surface area (Å²) in [5.41, 5.74) is 4.84. The van der Waals surface area contributed by atoms with Crippen molar-refractivity contribution >= 4 is 29.0 Å². The molecule has 7 heteroatoms. The fourth-order valence-electron chi connectivity index (χ4n) is 2.34. The van der Waals surface area contributed by atoms with E-state index in [-0.39, 0.29) is 29.5 Å². The van der Waals surface area contributed by atoms with Gasteiger partial charge in [0.25, 0.3) is 0 Å². The second kappa shape index (κ2) is 6.27. The molecule has 2 unspecified atom stereocenters. The second-order valence-electron chi connectivity index (χ2n) is 5.92. The van der Waals surface area contributed by atoms with Crippen LogP contribution in [0, 0.1) is 5.41 Å². The van der Waals surface area contributed by atoms with Crippen molar-refractivity contribution in [3.05, 3.63) is 0 Å². The van der Waals surface area contributed by atoms with Crippen LogP contribution in [-0.4, -0.2) is 53.5 Å². The first-order valence-corrected chi connectivity index (χ1v) is 7.80. The van der Waals surface area contributed by atoms with Crippen molar-refractivity contribution in [3.8, 4) is 0 Å². The molecule has 118 valence electrons. The van der Waals surface area contributed by atoms with E-state index in [0.717, 1.165) is 12.8 Å². The van der Waals surface area contributed by atoms with E-state index in [9.17, 15) is 9.59 Å². The minimum atomic E-state index is -0.912. The molecular weight excluding hydrogens is 290 g/mol. The molecular formula is C14H23N3O3S. The third-order valence-corrected chi connectivity index (χ3v) is 4.79. The van der Waals surface area contributed by atoms with Crippen molar-refractivity contribution < 1.29 is 14.3 Å². The van der Waals surface area contributed by atoms with E-state index in [0.29, 0.717) is 19.6 Å². The lowest BCUT2D eigenvalue weighted by Crippen LogP contribution is -2.60. The van der Waals surface area contributed by atoms with E-state index in [1.54, 1.807) is 11.8 Å². The van der Waals surface area contributed by atoms with Gasteiger partial charge in [-0.3, -0.25) is 9.59 Å². The summed E-state index contributed by atoms with van der Waals surface area (Å²) < 4.78 is 5.37. The van der Waals surface area contributed by atoms with Gasteiger partial charge in [-0.1, -0.05) is 19.1 Å². The summed E-state index contributed by atoms with van der Waals surface area (Å²) in [6.07, 6.45) is 2.52. The Morgan fingerprint density at radius 3 is 2.67 bits per heavy atom. The van der Waals surface area contributed by atoms with Crippen LogP contribution in [0.3, 0.4) is 0 Å². The molecule has 1 saturated carbocycles. The van der Waals surface area contributed by atoms with E-state index in [1.165, 1.54) is 0 Å². The maximum Gasteiger partial charge on any atom is 0.245 e. The number of nitrogens with one attached hydrogen (secondary N) is 1. The van der Waals surface area contributed by atoms with Gasteiger partial charge in [0.2, 0.25) is 11.8 Å². The van der Waals surface area contributed by atoms with Gasteiger partial charge < -0.3 is 20.7 Å². The van der Waals surface area contributed by atoms with Crippen molar-refractivity contribution in [2.75, 3.05) is 19.8 Å². The number of amides is 2. The molecule has 2 atom stereocenters. The third-order valence-electron chi connectivity index (χ3n) is 4.34. The standard InChI is InChI=1S/C14H23N3O3S/c1-3-14(2,12(15)21)13(19)17-6-7-20-8-10(17)11(18)16-9-4-5-9/h9-10H,3-8H2,1-2H3,(H2,15,21)(H,16,18). The highest BCUT2D eigenvalue weighted by Gasteiger charge is 2.43. The molecule has 0 aromatic carbocycles. The zero-order valence-corrected chi connectivity index (χ0v) is 13.4. The highest BCUT2D eigenvalue weighted by molar-refractivity contribution is 7.80. The van der Waals surface area contributed by atoms with E-state index in [1.807, 2.05) is 6.92 Å². The van der Waals surface area contributed by atoms with E-state index in [2.05, 4.69) is 5.32 Å². The van der Waals surface area contributed by atoms with Crippen molar-refractivity contribution in [3.63, 3.8) is 0 Å². The molecule has 1 heterocycles. The van der Waals surface area contributed by atoms with Gasteiger partial charge in [0, 0.05) is 12.6 Å². The first-order valence-electron chi connectivity index (χ1n) is 7.39. The average molecular weight is 313 g/mol. The number of hydrogen-bond donors (Lipinski definition) is 2. The third kappa shape index (κ3) is 3.35. The Hall–Kier alpha value is -1.21. The molecule has 0 radical (unpaired) electrons. The van der Waals surface area contributed by atoms with Gasteiger partial charge in [-0.05, 0) is 26.2 Å². The molecule has 0 aromatic rings. The summed E-state index contributed by atoms with van der Waals surface area (Å²) in [7, 11) is 0. The van der Waals surface area contributed by atoms with Crippen molar-refractivity contribution in [2.45, 2.75) is 45.2 Å². The number of thiocarbonyl (C=S) groups is 1. The van der Waals surface area contributed by atoms with Crippen molar-refractivity contribution in [2.24, 2.45) is 11.1 Å². The van der Waals surface area contributed by atoms with E-state index in [4.69, 9.17) is 22.7 Å². The summed E-state index contributed by atoms with van der Waals surface area (Å²) in [5.74, 6) is -0.330. The number of carbonyl (C=O) groups excluding carboxylic acids is 2. The second-order valence-corrected chi connectivity index (χ2v) is 6.36. The number of nitrogens with zero attached hydrogens (tertiary/aromatic N) is 1. The Bertz CT molecular complexity index is 453. The molecule has 1 saturated heterocycles. The zero-order chi connectivity index (χ0) is 15.6. The van der Waals surface area contributed by atoms with Crippen molar-refractivity contribution in [1.82, 2.24) is 10.2 Å². The molecule has 2 amide bonds. The fourth-order valence-corrected chi connectivity index (χ4v) is 2.57. The van der Waals surface area contributed by atoms with Gasteiger partial charge in [0.1, 0.15) is 6.04 Å². The lowest BCUT2D eigenvalue weighted by molar-refractivity contribution is -0.153. The van der Waals surface area contributed by atoms with Crippen LogP contribution in [0.25, 0.3) is 0 Å². The maximum atomic E-state index is 12.8. The fraction of sp³-hybridized carbons (Fsp3) is 0.786. The van der Waals surface area contributed by atoms with Crippen LogP contribution in [0.2, 0.25) is 0 Å². The Kier molecular flexibility index (Phi) is 4.83. The molecule has 2 rings (SSSR count). The number of nitrogens with two attached hydrogens (primary N) is 1. The Morgan fingerprint density at radius 1 is 1.48 bits per heavy atom. The average Bonchev–Trinajstić information content (AvgIpc) is 3.29. The van der Waals surface area contributed by atoms with Crippen LogP contribution in [0.4, 0.5) is 0 Å². The smallest absolute Gasteiger partial charge is 0.245 e. The van der Waals surface area contributed by atoms with Crippen LogP contribution in [0.15, 0.2) is 0 Å². The molecule has 0 aromatic heterocycles. The van der Waals surface area contributed by atoms with Crippen LogP contribution < -0.4 is 11.1 Å². The number of morpholine rings is 1. The van der Waals surface area contributed by atoms with Gasteiger partial charge in [0.05, 0.1) is 23.6 Å². The van der Waals surface area contributed by atoms with Gasteiger partial charge in [-0.15, -0.1) is 0 Å². The predicted octanol–water partition coefficient (Wildman–Crippen LogP) is 0.195. The predicted molar refractivity (Wildman–Crippen MR) is 82.7 cm³/mol. The van der Waals surface area contributed by atoms with E-state index >= 15 is 0 Å². The SMILES string of the molecule is CCC(C)(C(=O)N1CCOCC1C(=O)NC1CC1)C(N)=S. The minimum Gasteiger partial charge on any atom is -0.392 e. The normalized spacial score (nSPS) is 25.0. The highest BCUT2D eigenvalue weighted by atomic mass is 32.1. The highest BCUT2D eigenvalue weighted by Crippen LogP contribution is 2.27. The monoisotopic (exact) mass is 313 g/mol. The van der Waals surface area contributed by atoms with Crippen LogP contribution >= 0.6 is 12.2 Å². The summed E-state index contributed by atoms with van der Waals surface area (Å²) in [4.78, 5) is 26.9. The lowest BCUT2D eigenvalue weighted by atomic mass is 9.85. The Labute approximate surface area is 130 Å². The largest absolute Gasteiger partial charge is 0.392 e. The zero-order valence-electron chi connectivity index (χ0n) is 12.6. The molecule has 2 aliphatic rings. The van der Waals surface area contributed by atoms with Gasteiger partial charge in [-0.25, -0.2) is 0 Å². The lowest BCUT2D eigenvalue weighted by Gasteiger charge is -2.39. The Balaban J connectivity index is 2.15. The first-order chi connectivity index (χ1) is 9.90. The maximum absolute atomic E-state index is 12.8. The van der Waals surface area contributed by atoms with Gasteiger partial charge in [-0.2, -0.15) is 0 Å². The van der Waals surface area contributed by atoms with Gasteiger partial charge >= 0.3 is 0 Å². The van der Waals surface area contributed by atoms with Crippen LogP contribution in [-0.2, 0) is 14.3 Å². The van der Waals surface area contributed by atoms with Crippen LogP contribution in [0.1, 0.15) is 33.1 Å². The van der Waals surface area contributed by atoms with E-state index < -0.39 is 11.5 Å². The minimum absolute atomic E-state index is 0.146. The summed E-state index contributed by atoms with van der Waals surface area (Å²) >= 11 is 5.06. The van der Waals surface area contributed by atoms with Crippen molar-refractivity contribution in [1.29, 1.82) is 0 Å².